The van der Waals surface area contributed by atoms with Gasteiger partial charge in [-0.1, -0.05) is 24.3 Å². The zero-order valence-corrected chi connectivity index (χ0v) is 10.2. The predicted octanol–water partition coefficient (Wildman–Crippen LogP) is 0.315. The second kappa shape index (κ2) is 7.40. The van der Waals surface area contributed by atoms with Gasteiger partial charge >= 0.3 is 0 Å². The number of aryl methyl sites for hydroxylation is 1. The lowest BCUT2D eigenvalue weighted by atomic mass is 10.0. The molecule has 0 fully saturated rings. The first-order valence-corrected chi connectivity index (χ1v) is 5.86. The molecule has 0 radical (unpaired) electrons. The first-order valence-electron chi connectivity index (χ1n) is 5.86. The van der Waals surface area contributed by atoms with Crippen LogP contribution in [-0.4, -0.2) is 53.1 Å². The third-order valence-corrected chi connectivity index (χ3v) is 2.94. The van der Waals surface area contributed by atoms with E-state index in [1.807, 2.05) is 36.1 Å². The van der Waals surface area contributed by atoms with E-state index in [1.54, 1.807) is 0 Å². The molecule has 1 aromatic rings. The third-order valence-electron chi connectivity index (χ3n) is 2.94. The Labute approximate surface area is 102 Å². The molecule has 1 rings (SSSR count). The first kappa shape index (κ1) is 14.1. The van der Waals surface area contributed by atoms with E-state index in [9.17, 15) is 5.11 Å². The molecule has 0 bridgehead atoms. The zero-order chi connectivity index (χ0) is 12.7. The molecule has 0 saturated carbocycles. The summed E-state index contributed by atoms with van der Waals surface area (Å²) in [5.41, 5.74) is 2.14. The third kappa shape index (κ3) is 3.78. The standard InChI is InChI=1S/C13H21NO3/c1-11-4-2-3-5-12(11)13(10-17)14(6-8-15)7-9-16/h2-5,13,15-17H,6-10H2,1H3. The maximum absolute atomic E-state index is 9.52. The molecule has 1 atom stereocenters. The van der Waals surface area contributed by atoms with Gasteiger partial charge in [0.15, 0.2) is 0 Å². The molecule has 4 heteroatoms. The Morgan fingerprint density at radius 1 is 1.06 bits per heavy atom. The highest BCUT2D eigenvalue weighted by atomic mass is 16.3. The van der Waals surface area contributed by atoms with E-state index in [0.29, 0.717) is 13.1 Å². The van der Waals surface area contributed by atoms with Crippen LogP contribution in [0.25, 0.3) is 0 Å². The lowest BCUT2D eigenvalue weighted by Crippen LogP contribution is -2.36. The summed E-state index contributed by atoms with van der Waals surface area (Å²) in [5, 5.41) is 27.6. The maximum atomic E-state index is 9.52. The van der Waals surface area contributed by atoms with Crippen LogP contribution in [0.3, 0.4) is 0 Å². The van der Waals surface area contributed by atoms with Gasteiger partial charge in [0, 0.05) is 13.1 Å². The van der Waals surface area contributed by atoms with Gasteiger partial charge < -0.3 is 15.3 Å². The van der Waals surface area contributed by atoms with Gasteiger partial charge in [-0.15, -0.1) is 0 Å². The fraction of sp³-hybridized carbons (Fsp3) is 0.538. The highest BCUT2D eigenvalue weighted by Gasteiger charge is 2.19. The number of hydrogen-bond acceptors (Lipinski definition) is 4. The van der Waals surface area contributed by atoms with Gasteiger partial charge in [-0.05, 0) is 18.1 Å². The molecule has 4 nitrogen and oxygen atoms in total. The Kier molecular flexibility index (Phi) is 6.15. The molecule has 0 spiro atoms. The van der Waals surface area contributed by atoms with Crippen molar-refractivity contribution < 1.29 is 15.3 Å². The quantitative estimate of drug-likeness (QED) is 0.641. The lowest BCUT2D eigenvalue weighted by Gasteiger charge is -2.30. The molecule has 1 aromatic carbocycles. The SMILES string of the molecule is Cc1ccccc1C(CO)N(CCO)CCO. The topological polar surface area (TPSA) is 63.9 Å². The molecular weight excluding hydrogens is 218 g/mol. The number of hydrogen-bond donors (Lipinski definition) is 3. The minimum atomic E-state index is -0.171. The Morgan fingerprint density at radius 3 is 2.12 bits per heavy atom. The fourth-order valence-electron chi connectivity index (χ4n) is 2.05. The Balaban J connectivity index is 2.91. The summed E-state index contributed by atoms with van der Waals surface area (Å²) in [6.45, 7) is 2.89. The minimum absolute atomic E-state index is 0.0163. The lowest BCUT2D eigenvalue weighted by molar-refractivity contribution is 0.0837. The van der Waals surface area contributed by atoms with Crippen LogP contribution in [0.5, 0.6) is 0 Å². The highest BCUT2D eigenvalue weighted by Crippen LogP contribution is 2.22. The van der Waals surface area contributed by atoms with E-state index in [4.69, 9.17) is 10.2 Å². The molecule has 96 valence electrons. The molecule has 0 heterocycles. The average molecular weight is 239 g/mol. The first-order chi connectivity index (χ1) is 8.24. The summed E-state index contributed by atoms with van der Waals surface area (Å²) in [4.78, 5) is 1.89. The monoisotopic (exact) mass is 239 g/mol. The van der Waals surface area contributed by atoms with Crippen LogP contribution in [0, 0.1) is 6.92 Å². The van der Waals surface area contributed by atoms with Gasteiger partial charge in [0.05, 0.1) is 25.9 Å². The van der Waals surface area contributed by atoms with Crippen LogP contribution in [0.4, 0.5) is 0 Å². The van der Waals surface area contributed by atoms with E-state index in [-0.39, 0.29) is 25.9 Å². The molecule has 0 amide bonds. The van der Waals surface area contributed by atoms with Gasteiger partial charge in [-0.2, -0.15) is 0 Å². The summed E-state index contributed by atoms with van der Waals surface area (Å²) in [6.07, 6.45) is 0. The largest absolute Gasteiger partial charge is 0.395 e. The van der Waals surface area contributed by atoms with Crippen molar-refractivity contribution in [1.82, 2.24) is 4.90 Å². The average Bonchev–Trinajstić information content (AvgIpc) is 2.33. The van der Waals surface area contributed by atoms with Crippen molar-refractivity contribution in [3.63, 3.8) is 0 Å². The van der Waals surface area contributed by atoms with Gasteiger partial charge in [-0.3, -0.25) is 4.90 Å². The van der Waals surface area contributed by atoms with Crippen LogP contribution < -0.4 is 0 Å². The molecule has 0 aromatic heterocycles. The normalized spacial score (nSPS) is 13.0. The van der Waals surface area contributed by atoms with Gasteiger partial charge in [0.2, 0.25) is 0 Å². The van der Waals surface area contributed by atoms with Crippen molar-refractivity contribution >= 4 is 0 Å². The minimum Gasteiger partial charge on any atom is -0.395 e. The number of nitrogens with zero attached hydrogens (tertiary/aromatic N) is 1. The van der Waals surface area contributed by atoms with Crippen molar-refractivity contribution in [3.05, 3.63) is 35.4 Å². The van der Waals surface area contributed by atoms with Crippen molar-refractivity contribution in [2.45, 2.75) is 13.0 Å². The van der Waals surface area contributed by atoms with Crippen molar-refractivity contribution in [2.24, 2.45) is 0 Å². The summed E-state index contributed by atoms with van der Waals surface area (Å²) in [7, 11) is 0. The predicted molar refractivity (Wildman–Crippen MR) is 66.8 cm³/mol. The molecule has 0 saturated heterocycles. The van der Waals surface area contributed by atoms with Crippen molar-refractivity contribution in [1.29, 1.82) is 0 Å². The summed E-state index contributed by atoms with van der Waals surface area (Å²) >= 11 is 0. The van der Waals surface area contributed by atoms with E-state index in [1.165, 1.54) is 0 Å². The zero-order valence-electron chi connectivity index (χ0n) is 10.2. The van der Waals surface area contributed by atoms with Gasteiger partial charge in [0.1, 0.15) is 0 Å². The highest BCUT2D eigenvalue weighted by molar-refractivity contribution is 5.28. The number of rotatable bonds is 7. The Morgan fingerprint density at radius 2 is 1.65 bits per heavy atom. The second-order valence-corrected chi connectivity index (χ2v) is 4.04. The van der Waals surface area contributed by atoms with Gasteiger partial charge in [-0.25, -0.2) is 0 Å². The number of aliphatic hydroxyl groups excluding tert-OH is 3. The maximum Gasteiger partial charge on any atom is 0.0628 e. The Bertz CT molecular complexity index is 324. The van der Waals surface area contributed by atoms with E-state index in [2.05, 4.69) is 0 Å². The molecular formula is C13H21NO3. The fourth-order valence-corrected chi connectivity index (χ4v) is 2.05. The molecule has 3 N–H and O–H groups in total. The van der Waals surface area contributed by atoms with Crippen LogP contribution in [0.2, 0.25) is 0 Å². The number of benzene rings is 1. The number of aliphatic hydroxyl groups is 3. The molecule has 0 aliphatic carbocycles. The van der Waals surface area contributed by atoms with Crippen LogP contribution in [-0.2, 0) is 0 Å². The summed E-state index contributed by atoms with van der Waals surface area (Å²) < 4.78 is 0. The van der Waals surface area contributed by atoms with Crippen LogP contribution in [0.1, 0.15) is 17.2 Å². The summed E-state index contributed by atoms with van der Waals surface area (Å²) in [6, 6.07) is 7.68. The molecule has 1 unspecified atom stereocenters. The smallest absolute Gasteiger partial charge is 0.0628 e. The van der Waals surface area contributed by atoms with Crippen molar-refractivity contribution in [2.75, 3.05) is 32.9 Å². The van der Waals surface area contributed by atoms with Crippen molar-refractivity contribution in [3.8, 4) is 0 Å². The van der Waals surface area contributed by atoms with E-state index >= 15 is 0 Å². The van der Waals surface area contributed by atoms with Crippen LogP contribution >= 0.6 is 0 Å². The molecule has 17 heavy (non-hydrogen) atoms. The summed E-state index contributed by atoms with van der Waals surface area (Å²) in [5.74, 6) is 0. The molecule has 0 aliphatic heterocycles. The van der Waals surface area contributed by atoms with Crippen LogP contribution in [0.15, 0.2) is 24.3 Å². The Hall–Kier alpha value is -0.940. The van der Waals surface area contributed by atoms with Gasteiger partial charge in [0.25, 0.3) is 0 Å². The van der Waals surface area contributed by atoms with E-state index in [0.717, 1.165) is 11.1 Å². The van der Waals surface area contributed by atoms with E-state index < -0.39 is 0 Å². The second-order valence-electron chi connectivity index (χ2n) is 4.04. The molecule has 0 aliphatic rings.